The molecular weight excluding hydrogens is 262 g/mol. The quantitative estimate of drug-likeness (QED) is 0.862. The van der Waals surface area contributed by atoms with E-state index in [0.29, 0.717) is 0 Å². The Kier molecular flexibility index (Phi) is 6.12. The van der Waals surface area contributed by atoms with Crippen LogP contribution in [0.15, 0.2) is 23.8 Å². The van der Waals surface area contributed by atoms with Crippen LogP contribution in [0.25, 0.3) is 6.08 Å². The molecule has 1 aromatic rings. The van der Waals surface area contributed by atoms with Crippen LogP contribution in [0.5, 0.6) is 11.5 Å². The maximum atomic E-state index is 5.39. The van der Waals surface area contributed by atoms with Gasteiger partial charge in [0.2, 0.25) is 0 Å². The van der Waals surface area contributed by atoms with Crippen molar-refractivity contribution in [3.05, 3.63) is 29.3 Å². The average Bonchev–Trinajstić information content (AvgIpc) is 2.55. The molecule has 0 heterocycles. The van der Waals surface area contributed by atoms with Crippen molar-refractivity contribution in [2.45, 2.75) is 32.1 Å². The Labute approximate surface area is 128 Å². The van der Waals surface area contributed by atoms with E-state index in [0.717, 1.165) is 24.0 Å². The molecule has 1 N–H and O–H groups in total. The Morgan fingerprint density at radius 1 is 1.14 bits per heavy atom. The molecule has 21 heavy (non-hydrogen) atoms. The summed E-state index contributed by atoms with van der Waals surface area (Å²) in [5.41, 5.74) is 2.69. The van der Waals surface area contributed by atoms with Crippen LogP contribution in [0.4, 0.5) is 0 Å². The van der Waals surface area contributed by atoms with E-state index in [1.807, 2.05) is 13.1 Å². The molecule has 0 aliphatic heterocycles. The van der Waals surface area contributed by atoms with Crippen molar-refractivity contribution in [3.63, 3.8) is 0 Å². The van der Waals surface area contributed by atoms with Crippen LogP contribution < -0.4 is 14.8 Å². The fourth-order valence-electron chi connectivity index (χ4n) is 3.15. The van der Waals surface area contributed by atoms with Gasteiger partial charge in [-0.15, -0.1) is 0 Å². The van der Waals surface area contributed by atoms with E-state index >= 15 is 0 Å². The van der Waals surface area contributed by atoms with Gasteiger partial charge in [-0.25, -0.2) is 0 Å². The molecule has 3 nitrogen and oxygen atoms in total. The van der Waals surface area contributed by atoms with Crippen molar-refractivity contribution in [1.29, 1.82) is 0 Å². The van der Waals surface area contributed by atoms with Gasteiger partial charge in [0, 0.05) is 6.54 Å². The highest BCUT2D eigenvalue weighted by molar-refractivity contribution is 5.58. The lowest BCUT2D eigenvalue weighted by Gasteiger charge is -2.24. The van der Waals surface area contributed by atoms with Crippen LogP contribution in [0.3, 0.4) is 0 Å². The summed E-state index contributed by atoms with van der Waals surface area (Å²) in [5, 5.41) is 3.31. The van der Waals surface area contributed by atoms with Gasteiger partial charge >= 0.3 is 0 Å². The monoisotopic (exact) mass is 289 g/mol. The van der Waals surface area contributed by atoms with E-state index in [9.17, 15) is 0 Å². The summed E-state index contributed by atoms with van der Waals surface area (Å²) < 4.78 is 10.7. The molecule has 0 spiro atoms. The zero-order chi connectivity index (χ0) is 15.1. The molecule has 0 atom stereocenters. The number of ether oxygens (including phenoxy) is 2. The SMILES string of the molecule is CNC/C(=C/c1ccc(OC)c(OC)c1)C1CCCCC1. The first kappa shape index (κ1) is 15.9. The van der Waals surface area contributed by atoms with Gasteiger partial charge in [-0.1, -0.05) is 37.0 Å². The number of likely N-dealkylation sites (N-methyl/N-ethyl adjacent to an activating group) is 1. The number of methoxy groups -OCH3 is 2. The van der Waals surface area contributed by atoms with Crippen molar-refractivity contribution in [2.75, 3.05) is 27.8 Å². The normalized spacial score (nSPS) is 16.8. The third-order valence-corrected chi connectivity index (χ3v) is 4.27. The lowest BCUT2D eigenvalue weighted by atomic mass is 9.83. The molecule has 1 aliphatic carbocycles. The Balaban J connectivity index is 2.24. The van der Waals surface area contributed by atoms with E-state index in [4.69, 9.17) is 9.47 Å². The van der Waals surface area contributed by atoms with Gasteiger partial charge in [0.25, 0.3) is 0 Å². The van der Waals surface area contributed by atoms with Gasteiger partial charge in [0.15, 0.2) is 11.5 Å². The number of benzene rings is 1. The second-order valence-electron chi connectivity index (χ2n) is 5.70. The van der Waals surface area contributed by atoms with Crippen molar-refractivity contribution in [3.8, 4) is 11.5 Å². The number of rotatable bonds is 6. The molecule has 1 fully saturated rings. The van der Waals surface area contributed by atoms with Crippen LogP contribution in [0, 0.1) is 5.92 Å². The van der Waals surface area contributed by atoms with Gasteiger partial charge in [-0.2, -0.15) is 0 Å². The smallest absolute Gasteiger partial charge is 0.161 e. The predicted octanol–water partition coefficient (Wildman–Crippen LogP) is 3.89. The summed E-state index contributed by atoms with van der Waals surface area (Å²) in [4.78, 5) is 0. The fourth-order valence-corrected chi connectivity index (χ4v) is 3.15. The van der Waals surface area contributed by atoms with Crippen LogP contribution in [0.1, 0.15) is 37.7 Å². The lowest BCUT2D eigenvalue weighted by Crippen LogP contribution is -2.19. The van der Waals surface area contributed by atoms with Crippen molar-refractivity contribution in [1.82, 2.24) is 5.32 Å². The van der Waals surface area contributed by atoms with Crippen LogP contribution in [-0.4, -0.2) is 27.8 Å². The average molecular weight is 289 g/mol. The lowest BCUT2D eigenvalue weighted by molar-refractivity contribution is 0.355. The Morgan fingerprint density at radius 2 is 1.86 bits per heavy atom. The fraction of sp³-hybridized carbons (Fsp3) is 0.556. The molecule has 0 saturated heterocycles. The standard InChI is InChI=1S/C18H27NO2/c1-19-13-16(15-7-5-4-6-8-15)11-14-9-10-17(20-2)18(12-14)21-3/h9-12,15,19H,4-8,13H2,1-3H3/b16-11-. The van der Waals surface area contributed by atoms with E-state index < -0.39 is 0 Å². The summed E-state index contributed by atoms with van der Waals surface area (Å²) in [6.45, 7) is 0.957. The molecule has 116 valence electrons. The second kappa shape index (κ2) is 8.08. The van der Waals surface area contributed by atoms with Crippen molar-refractivity contribution in [2.24, 2.45) is 5.92 Å². The zero-order valence-corrected chi connectivity index (χ0v) is 13.4. The molecule has 3 heteroatoms. The number of hydrogen-bond donors (Lipinski definition) is 1. The van der Waals surface area contributed by atoms with Gasteiger partial charge in [-0.05, 0) is 43.5 Å². The minimum atomic E-state index is 0.722. The summed E-state index contributed by atoms with van der Waals surface area (Å²) in [5.74, 6) is 2.29. The highest BCUT2D eigenvalue weighted by Crippen LogP contribution is 2.32. The largest absolute Gasteiger partial charge is 0.493 e. The number of hydrogen-bond acceptors (Lipinski definition) is 3. The first-order valence-electron chi connectivity index (χ1n) is 7.85. The Hall–Kier alpha value is -1.48. The molecule has 0 bridgehead atoms. The maximum Gasteiger partial charge on any atom is 0.161 e. The maximum absolute atomic E-state index is 5.39. The first-order chi connectivity index (χ1) is 10.3. The second-order valence-corrected chi connectivity index (χ2v) is 5.70. The molecule has 1 aromatic carbocycles. The summed E-state index contributed by atoms with van der Waals surface area (Å²) in [6, 6.07) is 6.12. The van der Waals surface area contributed by atoms with E-state index in [2.05, 4.69) is 23.5 Å². The highest BCUT2D eigenvalue weighted by Gasteiger charge is 2.17. The third-order valence-electron chi connectivity index (χ3n) is 4.27. The van der Waals surface area contributed by atoms with E-state index in [1.165, 1.54) is 43.2 Å². The molecular formula is C18H27NO2. The summed E-state index contributed by atoms with van der Waals surface area (Å²) in [7, 11) is 5.37. The van der Waals surface area contributed by atoms with Gasteiger partial charge in [-0.3, -0.25) is 0 Å². The van der Waals surface area contributed by atoms with Gasteiger partial charge in [0.1, 0.15) is 0 Å². The summed E-state index contributed by atoms with van der Waals surface area (Å²) >= 11 is 0. The Bertz CT molecular complexity index is 476. The predicted molar refractivity (Wildman–Crippen MR) is 88.0 cm³/mol. The third kappa shape index (κ3) is 4.24. The molecule has 0 unspecified atom stereocenters. The molecule has 1 aliphatic rings. The van der Waals surface area contributed by atoms with Crippen molar-refractivity contribution >= 4 is 6.08 Å². The van der Waals surface area contributed by atoms with Crippen LogP contribution in [0.2, 0.25) is 0 Å². The van der Waals surface area contributed by atoms with Crippen LogP contribution in [-0.2, 0) is 0 Å². The molecule has 0 aromatic heterocycles. The van der Waals surface area contributed by atoms with Gasteiger partial charge in [0.05, 0.1) is 14.2 Å². The first-order valence-corrected chi connectivity index (χ1v) is 7.85. The van der Waals surface area contributed by atoms with Crippen molar-refractivity contribution < 1.29 is 9.47 Å². The molecule has 0 amide bonds. The molecule has 2 rings (SSSR count). The summed E-state index contributed by atoms with van der Waals surface area (Å²) in [6.07, 6.45) is 9.06. The topological polar surface area (TPSA) is 30.5 Å². The molecule has 0 radical (unpaired) electrons. The minimum absolute atomic E-state index is 0.722. The Morgan fingerprint density at radius 3 is 2.48 bits per heavy atom. The molecule has 1 saturated carbocycles. The van der Waals surface area contributed by atoms with Gasteiger partial charge < -0.3 is 14.8 Å². The van der Waals surface area contributed by atoms with E-state index in [-0.39, 0.29) is 0 Å². The highest BCUT2D eigenvalue weighted by atomic mass is 16.5. The minimum Gasteiger partial charge on any atom is -0.493 e. The van der Waals surface area contributed by atoms with E-state index in [1.54, 1.807) is 14.2 Å². The zero-order valence-electron chi connectivity index (χ0n) is 13.4. The van der Waals surface area contributed by atoms with Crippen LogP contribution >= 0.6 is 0 Å². The number of nitrogens with one attached hydrogen (secondary N) is 1.